The second-order valence-electron chi connectivity index (χ2n) is 4.41. The number of phenolic OH excluding ortho intramolecular Hbond substituents is 2. The van der Waals surface area contributed by atoms with E-state index in [1.54, 1.807) is 25.2 Å². The molecule has 19 heavy (non-hydrogen) atoms. The SMILES string of the molecule is Cn1c(=O)c2cc(O)c(Cl)cc2c2ccc(O)cc21. The minimum atomic E-state index is -0.250. The molecular formula is C14H10ClNO3. The molecule has 0 radical (unpaired) electrons. The van der Waals surface area contributed by atoms with Gasteiger partial charge in [0.1, 0.15) is 11.5 Å². The highest BCUT2D eigenvalue weighted by Gasteiger charge is 2.11. The van der Waals surface area contributed by atoms with E-state index in [2.05, 4.69) is 0 Å². The number of halogens is 1. The molecule has 0 fully saturated rings. The lowest BCUT2D eigenvalue weighted by atomic mass is 10.1. The lowest BCUT2D eigenvalue weighted by Crippen LogP contribution is -2.17. The molecule has 3 aromatic rings. The zero-order chi connectivity index (χ0) is 13.7. The molecular weight excluding hydrogens is 266 g/mol. The molecule has 4 nitrogen and oxygen atoms in total. The first-order valence-electron chi connectivity index (χ1n) is 5.63. The Balaban J connectivity index is 2.67. The first-order chi connectivity index (χ1) is 8.99. The summed E-state index contributed by atoms with van der Waals surface area (Å²) in [5.74, 6) is -0.0314. The van der Waals surface area contributed by atoms with Gasteiger partial charge in [-0.1, -0.05) is 11.6 Å². The normalized spacial score (nSPS) is 11.3. The molecule has 0 saturated carbocycles. The Kier molecular flexibility index (Phi) is 2.43. The van der Waals surface area contributed by atoms with Crippen LogP contribution in [0.2, 0.25) is 5.02 Å². The van der Waals surface area contributed by atoms with Crippen LogP contribution in [0.25, 0.3) is 21.7 Å². The number of aromatic hydroxyl groups is 2. The Morgan fingerprint density at radius 1 is 1.05 bits per heavy atom. The van der Waals surface area contributed by atoms with Gasteiger partial charge in [-0.25, -0.2) is 0 Å². The molecule has 0 aliphatic rings. The van der Waals surface area contributed by atoms with Gasteiger partial charge in [0.15, 0.2) is 0 Å². The topological polar surface area (TPSA) is 62.5 Å². The molecule has 0 bridgehead atoms. The molecule has 5 heteroatoms. The molecule has 0 aliphatic carbocycles. The van der Waals surface area contributed by atoms with E-state index < -0.39 is 0 Å². The van der Waals surface area contributed by atoms with Crippen LogP contribution in [0.5, 0.6) is 11.5 Å². The van der Waals surface area contributed by atoms with Gasteiger partial charge >= 0.3 is 0 Å². The molecule has 2 aromatic carbocycles. The summed E-state index contributed by atoms with van der Waals surface area (Å²) >= 11 is 5.90. The zero-order valence-corrected chi connectivity index (χ0v) is 10.8. The van der Waals surface area contributed by atoms with E-state index in [4.69, 9.17) is 11.6 Å². The highest BCUT2D eigenvalue weighted by molar-refractivity contribution is 6.33. The van der Waals surface area contributed by atoms with Crippen LogP contribution in [-0.4, -0.2) is 14.8 Å². The molecule has 0 aliphatic heterocycles. The number of rotatable bonds is 0. The number of fused-ring (bicyclic) bond motifs is 3. The van der Waals surface area contributed by atoms with Gasteiger partial charge in [0.05, 0.1) is 15.9 Å². The van der Waals surface area contributed by atoms with E-state index in [9.17, 15) is 15.0 Å². The lowest BCUT2D eigenvalue weighted by molar-refractivity contribution is 0.475. The third-order valence-corrected chi connectivity index (χ3v) is 3.56. The van der Waals surface area contributed by atoms with E-state index >= 15 is 0 Å². The highest BCUT2D eigenvalue weighted by atomic mass is 35.5. The van der Waals surface area contributed by atoms with E-state index in [1.807, 2.05) is 0 Å². The summed E-state index contributed by atoms with van der Waals surface area (Å²) < 4.78 is 1.44. The average molecular weight is 276 g/mol. The highest BCUT2D eigenvalue weighted by Crippen LogP contribution is 2.32. The van der Waals surface area contributed by atoms with Crippen LogP contribution in [0.1, 0.15) is 0 Å². The van der Waals surface area contributed by atoms with Crippen molar-refractivity contribution >= 4 is 33.3 Å². The van der Waals surface area contributed by atoms with Crippen LogP contribution in [0.3, 0.4) is 0 Å². The van der Waals surface area contributed by atoms with Crippen molar-refractivity contribution in [1.82, 2.24) is 4.57 Å². The van der Waals surface area contributed by atoms with E-state index in [1.165, 1.54) is 16.7 Å². The Hall–Kier alpha value is -2.20. The predicted octanol–water partition coefficient (Wildman–Crippen LogP) is 2.76. The number of pyridine rings is 1. The summed E-state index contributed by atoms with van der Waals surface area (Å²) in [6.07, 6.45) is 0. The molecule has 0 amide bonds. The average Bonchev–Trinajstić information content (AvgIpc) is 2.38. The summed E-state index contributed by atoms with van der Waals surface area (Å²) in [5.41, 5.74) is 0.360. The van der Waals surface area contributed by atoms with E-state index in [-0.39, 0.29) is 22.1 Å². The Morgan fingerprint density at radius 2 is 1.79 bits per heavy atom. The van der Waals surface area contributed by atoms with Crippen molar-refractivity contribution in [3.8, 4) is 11.5 Å². The molecule has 0 saturated heterocycles. The second-order valence-corrected chi connectivity index (χ2v) is 4.82. The maximum absolute atomic E-state index is 12.2. The number of hydrogen-bond donors (Lipinski definition) is 2. The molecule has 0 unspecified atom stereocenters. The van der Waals surface area contributed by atoms with Crippen LogP contribution < -0.4 is 5.56 Å². The van der Waals surface area contributed by atoms with E-state index in [0.29, 0.717) is 16.3 Å². The molecule has 0 spiro atoms. The minimum Gasteiger partial charge on any atom is -0.508 e. The summed E-state index contributed by atoms with van der Waals surface area (Å²) in [7, 11) is 1.62. The van der Waals surface area contributed by atoms with Crippen molar-refractivity contribution in [2.24, 2.45) is 7.05 Å². The van der Waals surface area contributed by atoms with Gasteiger partial charge in [-0.3, -0.25) is 4.79 Å². The number of benzene rings is 2. The van der Waals surface area contributed by atoms with Crippen molar-refractivity contribution in [2.45, 2.75) is 0 Å². The van der Waals surface area contributed by atoms with Gasteiger partial charge < -0.3 is 14.8 Å². The van der Waals surface area contributed by atoms with Crippen molar-refractivity contribution in [1.29, 1.82) is 0 Å². The van der Waals surface area contributed by atoms with Crippen molar-refractivity contribution < 1.29 is 10.2 Å². The second kappa shape index (κ2) is 3.90. The van der Waals surface area contributed by atoms with Gasteiger partial charge in [-0.05, 0) is 29.7 Å². The molecule has 96 valence electrons. The quantitative estimate of drug-likeness (QED) is 0.620. The lowest BCUT2D eigenvalue weighted by Gasteiger charge is -2.10. The first kappa shape index (κ1) is 11.9. The summed E-state index contributed by atoms with van der Waals surface area (Å²) in [6.45, 7) is 0. The molecule has 1 aromatic heterocycles. The summed E-state index contributed by atoms with van der Waals surface area (Å²) in [4.78, 5) is 12.2. The number of hydrogen-bond acceptors (Lipinski definition) is 3. The fraction of sp³-hybridized carbons (Fsp3) is 0.0714. The van der Waals surface area contributed by atoms with E-state index in [0.717, 1.165) is 5.39 Å². The Bertz CT molecular complexity index is 883. The number of nitrogens with zero attached hydrogens (tertiary/aromatic N) is 1. The largest absolute Gasteiger partial charge is 0.508 e. The third-order valence-electron chi connectivity index (χ3n) is 3.25. The van der Waals surface area contributed by atoms with Gasteiger partial charge in [0.2, 0.25) is 0 Å². The van der Waals surface area contributed by atoms with Gasteiger partial charge in [-0.15, -0.1) is 0 Å². The minimum absolute atomic E-state index is 0.0896. The fourth-order valence-electron chi connectivity index (χ4n) is 2.28. The van der Waals surface area contributed by atoms with Crippen molar-refractivity contribution in [3.05, 3.63) is 45.7 Å². The summed E-state index contributed by atoms with van der Waals surface area (Å²) in [5, 5.41) is 21.2. The van der Waals surface area contributed by atoms with Crippen LogP contribution in [0.4, 0.5) is 0 Å². The third kappa shape index (κ3) is 1.64. The number of phenols is 2. The van der Waals surface area contributed by atoms with Crippen molar-refractivity contribution in [3.63, 3.8) is 0 Å². The number of aromatic nitrogens is 1. The standard InChI is InChI=1S/C14H10ClNO3/c1-16-12-4-7(17)2-3-8(12)9-5-11(15)13(18)6-10(9)14(16)19/h2-6,17-18H,1H3. The predicted molar refractivity (Wildman–Crippen MR) is 75.0 cm³/mol. The van der Waals surface area contributed by atoms with Crippen molar-refractivity contribution in [2.75, 3.05) is 0 Å². The maximum atomic E-state index is 12.2. The smallest absolute Gasteiger partial charge is 0.258 e. The van der Waals surface area contributed by atoms with Gasteiger partial charge in [-0.2, -0.15) is 0 Å². The number of aryl methyl sites for hydroxylation is 1. The van der Waals surface area contributed by atoms with Crippen LogP contribution in [0, 0.1) is 0 Å². The molecule has 3 rings (SSSR count). The van der Waals surface area contributed by atoms with Gasteiger partial charge in [0, 0.05) is 18.5 Å². The molecule has 2 N–H and O–H groups in total. The van der Waals surface area contributed by atoms with Crippen LogP contribution in [-0.2, 0) is 7.05 Å². The molecule has 1 heterocycles. The maximum Gasteiger partial charge on any atom is 0.258 e. The fourth-order valence-corrected chi connectivity index (χ4v) is 2.44. The molecule has 0 atom stereocenters. The monoisotopic (exact) mass is 275 g/mol. The van der Waals surface area contributed by atoms with Crippen LogP contribution in [0.15, 0.2) is 35.1 Å². The summed E-state index contributed by atoms with van der Waals surface area (Å²) in [6, 6.07) is 7.73. The Morgan fingerprint density at radius 3 is 2.53 bits per heavy atom. The van der Waals surface area contributed by atoms with Gasteiger partial charge in [0.25, 0.3) is 5.56 Å². The Labute approximate surface area is 113 Å². The zero-order valence-electron chi connectivity index (χ0n) is 10.0. The first-order valence-corrected chi connectivity index (χ1v) is 6.01. The van der Waals surface area contributed by atoms with Crippen LogP contribution >= 0.6 is 11.6 Å².